The third-order valence-corrected chi connectivity index (χ3v) is 6.72. The lowest BCUT2D eigenvalue weighted by molar-refractivity contribution is -0.130. The number of hydrogen-bond donors (Lipinski definition) is 2. The summed E-state index contributed by atoms with van der Waals surface area (Å²) in [5, 5.41) is 5.68. The predicted octanol–water partition coefficient (Wildman–Crippen LogP) is 2.32. The SMILES string of the molecule is O=C(NC(CSCc1ccccc1)C(=O)NC12CCCC1OCC2=O)c1ccco1. The Hall–Kier alpha value is -2.58. The predicted molar refractivity (Wildman–Crippen MR) is 112 cm³/mol. The Morgan fingerprint density at radius 1 is 1.20 bits per heavy atom. The first-order chi connectivity index (χ1) is 14.6. The Bertz CT molecular complexity index is 902. The van der Waals surface area contributed by atoms with Crippen molar-refractivity contribution in [2.75, 3.05) is 12.4 Å². The molecule has 1 aromatic heterocycles. The second-order valence-corrected chi connectivity index (χ2v) is 8.61. The highest BCUT2D eigenvalue weighted by molar-refractivity contribution is 7.98. The van der Waals surface area contributed by atoms with Crippen LogP contribution in [-0.4, -0.2) is 47.6 Å². The number of thioether (sulfide) groups is 1. The van der Waals surface area contributed by atoms with E-state index in [0.29, 0.717) is 17.9 Å². The molecule has 2 heterocycles. The fourth-order valence-electron chi connectivity index (χ4n) is 4.03. The standard InChI is InChI=1S/C22H24N2O5S/c25-18-12-29-19-9-4-10-22(18,19)24-20(26)16(23-21(27)17-8-5-11-28-17)14-30-13-15-6-2-1-3-7-15/h1-3,5-8,11,16,19H,4,9-10,12-14H2,(H,23,27)(H,24,26). The molecule has 2 fully saturated rings. The first-order valence-electron chi connectivity index (χ1n) is 10.0. The number of rotatable bonds is 8. The number of furan rings is 1. The number of ether oxygens (including phenoxy) is 1. The third-order valence-electron chi connectivity index (χ3n) is 5.61. The van der Waals surface area contributed by atoms with Crippen LogP contribution in [0.4, 0.5) is 0 Å². The van der Waals surface area contributed by atoms with Crippen molar-refractivity contribution in [3.63, 3.8) is 0 Å². The van der Waals surface area contributed by atoms with Gasteiger partial charge >= 0.3 is 0 Å². The summed E-state index contributed by atoms with van der Waals surface area (Å²) in [4.78, 5) is 38.1. The Labute approximate surface area is 178 Å². The Morgan fingerprint density at radius 3 is 2.80 bits per heavy atom. The van der Waals surface area contributed by atoms with Crippen molar-refractivity contribution in [2.45, 2.75) is 42.7 Å². The molecule has 3 atom stereocenters. The van der Waals surface area contributed by atoms with E-state index in [1.807, 2.05) is 30.3 Å². The highest BCUT2D eigenvalue weighted by Gasteiger charge is 2.55. The Kier molecular flexibility index (Phi) is 6.24. The highest BCUT2D eigenvalue weighted by atomic mass is 32.2. The van der Waals surface area contributed by atoms with Gasteiger partial charge in [0.25, 0.3) is 5.91 Å². The number of carbonyl (C=O) groups excluding carboxylic acids is 3. The van der Waals surface area contributed by atoms with Gasteiger partial charge in [0.1, 0.15) is 18.2 Å². The van der Waals surface area contributed by atoms with E-state index in [1.54, 1.807) is 23.9 Å². The molecule has 0 bridgehead atoms. The van der Waals surface area contributed by atoms with Crippen molar-refractivity contribution in [2.24, 2.45) is 0 Å². The van der Waals surface area contributed by atoms with E-state index in [-0.39, 0.29) is 30.2 Å². The zero-order valence-electron chi connectivity index (χ0n) is 16.5. The van der Waals surface area contributed by atoms with E-state index in [9.17, 15) is 14.4 Å². The van der Waals surface area contributed by atoms with Crippen molar-refractivity contribution in [1.82, 2.24) is 10.6 Å². The fourth-order valence-corrected chi connectivity index (χ4v) is 5.05. The number of ketones is 1. The van der Waals surface area contributed by atoms with E-state index in [4.69, 9.17) is 9.15 Å². The summed E-state index contributed by atoms with van der Waals surface area (Å²) in [6.45, 7) is 0.0249. The normalized spacial score (nSPS) is 23.7. The minimum Gasteiger partial charge on any atom is -0.459 e. The highest BCUT2D eigenvalue weighted by Crippen LogP contribution is 2.37. The molecule has 1 aromatic carbocycles. The van der Waals surface area contributed by atoms with E-state index in [1.165, 1.54) is 6.26 Å². The molecule has 2 N–H and O–H groups in total. The molecule has 2 aromatic rings. The topological polar surface area (TPSA) is 97.6 Å². The lowest BCUT2D eigenvalue weighted by Crippen LogP contribution is -2.61. The van der Waals surface area contributed by atoms with Crippen LogP contribution in [-0.2, 0) is 20.1 Å². The van der Waals surface area contributed by atoms with Crippen LogP contribution >= 0.6 is 11.8 Å². The number of carbonyl (C=O) groups is 3. The maximum atomic E-state index is 13.2. The van der Waals surface area contributed by atoms with Gasteiger partial charge in [-0.1, -0.05) is 30.3 Å². The summed E-state index contributed by atoms with van der Waals surface area (Å²) >= 11 is 1.54. The summed E-state index contributed by atoms with van der Waals surface area (Å²) in [5.74, 6) is 0.278. The van der Waals surface area contributed by atoms with Crippen LogP contribution < -0.4 is 10.6 Å². The first-order valence-corrected chi connectivity index (χ1v) is 11.2. The molecular formula is C22H24N2O5S. The average molecular weight is 429 g/mol. The van der Waals surface area contributed by atoms with Crippen LogP contribution in [0.1, 0.15) is 35.4 Å². The van der Waals surface area contributed by atoms with Crippen LogP contribution in [0.2, 0.25) is 0 Å². The summed E-state index contributed by atoms with van der Waals surface area (Å²) in [7, 11) is 0. The largest absolute Gasteiger partial charge is 0.459 e. The average Bonchev–Trinajstić information content (AvgIpc) is 3.47. The van der Waals surface area contributed by atoms with Gasteiger partial charge in [0, 0.05) is 11.5 Å². The number of amides is 2. The van der Waals surface area contributed by atoms with Gasteiger partial charge in [-0.3, -0.25) is 14.4 Å². The molecule has 8 heteroatoms. The number of hydrogen-bond acceptors (Lipinski definition) is 6. The van der Waals surface area contributed by atoms with Gasteiger partial charge in [-0.05, 0) is 37.0 Å². The molecule has 2 aliphatic rings. The molecule has 1 saturated heterocycles. The second-order valence-electron chi connectivity index (χ2n) is 7.58. The van der Waals surface area contributed by atoms with Gasteiger partial charge in [0.15, 0.2) is 11.5 Å². The molecular weight excluding hydrogens is 404 g/mol. The molecule has 158 valence electrons. The van der Waals surface area contributed by atoms with Crippen LogP contribution in [0.25, 0.3) is 0 Å². The molecule has 4 rings (SSSR count). The number of benzene rings is 1. The number of fused-ring (bicyclic) bond motifs is 1. The smallest absolute Gasteiger partial charge is 0.287 e. The molecule has 3 unspecified atom stereocenters. The molecule has 0 spiro atoms. The molecule has 0 radical (unpaired) electrons. The molecule has 2 amide bonds. The van der Waals surface area contributed by atoms with Crippen molar-refractivity contribution in [3.8, 4) is 0 Å². The van der Waals surface area contributed by atoms with E-state index in [0.717, 1.165) is 18.4 Å². The summed E-state index contributed by atoms with van der Waals surface area (Å²) < 4.78 is 10.7. The van der Waals surface area contributed by atoms with Crippen molar-refractivity contribution < 1.29 is 23.5 Å². The van der Waals surface area contributed by atoms with Gasteiger partial charge in [0.05, 0.1) is 12.4 Å². The maximum absolute atomic E-state index is 13.2. The Morgan fingerprint density at radius 2 is 2.03 bits per heavy atom. The van der Waals surface area contributed by atoms with Crippen molar-refractivity contribution >= 4 is 29.4 Å². The number of Topliss-reactive ketones (excluding diaryl/α,β-unsaturated/α-hetero) is 1. The number of nitrogens with one attached hydrogen (secondary N) is 2. The van der Waals surface area contributed by atoms with Crippen LogP contribution in [0.5, 0.6) is 0 Å². The molecule has 1 aliphatic heterocycles. The zero-order chi connectivity index (χ0) is 21.0. The molecule has 1 saturated carbocycles. The monoisotopic (exact) mass is 428 g/mol. The van der Waals surface area contributed by atoms with E-state index >= 15 is 0 Å². The van der Waals surface area contributed by atoms with Crippen molar-refractivity contribution in [3.05, 3.63) is 60.1 Å². The molecule has 1 aliphatic carbocycles. The zero-order valence-corrected chi connectivity index (χ0v) is 17.3. The summed E-state index contributed by atoms with van der Waals surface area (Å²) in [6, 6.07) is 12.3. The first kappa shape index (κ1) is 20.7. The van der Waals surface area contributed by atoms with E-state index in [2.05, 4.69) is 10.6 Å². The molecule has 7 nitrogen and oxygen atoms in total. The minimum absolute atomic E-state index is 0.0249. The third kappa shape index (κ3) is 4.29. The minimum atomic E-state index is -0.963. The van der Waals surface area contributed by atoms with Gasteiger partial charge < -0.3 is 19.8 Å². The van der Waals surface area contributed by atoms with Crippen LogP contribution in [0.15, 0.2) is 53.1 Å². The van der Waals surface area contributed by atoms with Gasteiger partial charge in [-0.25, -0.2) is 0 Å². The van der Waals surface area contributed by atoms with Crippen molar-refractivity contribution in [1.29, 1.82) is 0 Å². The van der Waals surface area contributed by atoms with Crippen LogP contribution in [0, 0.1) is 0 Å². The summed E-state index contributed by atoms with van der Waals surface area (Å²) in [5.41, 5.74) is 0.169. The molecule has 30 heavy (non-hydrogen) atoms. The Balaban J connectivity index is 1.45. The quantitative estimate of drug-likeness (QED) is 0.670. The summed E-state index contributed by atoms with van der Waals surface area (Å²) in [6.07, 6.45) is 3.26. The lowest BCUT2D eigenvalue weighted by atomic mass is 9.92. The van der Waals surface area contributed by atoms with Gasteiger partial charge in [0.2, 0.25) is 5.91 Å². The fraction of sp³-hybridized carbons (Fsp3) is 0.409. The van der Waals surface area contributed by atoms with Gasteiger partial charge in [-0.15, -0.1) is 0 Å². The second kappa shape index (κ2) is 9.06. The van der Waals surface area contributed by atoms with Gasteiger partial charge in [-0.2, -0.15) is 11.8 Å². The van der Waals surface area contributed by atoms with Crippen LogP contribution in [0.3, 0.4) is 0 Å². The maximum Gasteiger partial charge on any atom is 0.287 e. The van der Waals surface area contributed by atoms with E-state index < -0.39 is 17.5 Å². The lowest BCUT2D eigenvalue weighted by Gasteiger charge is -2.29.